The van der Waals surface area contributed by atoms with Gasteiger partial charge in [0.1, 0.15) is 0 Å². The van der Waals surface area contributed by atoms with E-state index < -0.39 is 5.97 Å². The Morgan fingerprint density at radius 2 is 2.00 bits per heavy atom. The lowest BCUT2D eigenvalue weighted by Gasteiger charge is -2.05. The third kappa shape index (κ3) is 5.00. The van der Waals surface area contributed by atoms with Gasteiger partial charge in [0.05, 0.1) is 10.6 Å². The molecule has 0 saturated heterocycles. The van der Waals surface area contributed by atoms with Crippen LogP contribution >= 0.6 is 11.3 Å². The molecule has 0 aliphatic rings. The molecule has 0 spiro atoms. The summed E-state index contributed by atoms with van der Waals surface area (Å²) in [6.45, 7) is 0.413. The first-order valence-corrected chi connectivity index (χ1v) is 7.50. The minimum Gasteiger partial charge on any atom is -0.478 e. The lowest BCUT2D eigenvalue weighted by atomic mass is 10.1. The highest BCUT2D eigenvalue weighted by Gasteiger charge is 2.04. The van der Waals surface area contributed by atoms with Crippen LogP contribution in [0.3, 0.4) is 0 Å². The number of nitrogens with zero attached hydrogens (tertiary/aromatic N) is 1. The Morgan fingerprint density at radius 3 is 2.62 bits per heavy atom. The number of hydrogen-bond acceptors (Lipinski definition) is 4. The van der Waals surface area contributed by atoms with Gasteiger partial charge in [-0.25, -0.2) is 9.78 Å². The Balaban J connectivity index is 1.69. The zero-order valence-electron chi connectivity index (χ0n) is 11.4. The number of rotatable bonds is 7. The molecule has 1 aromatic carbocycles. The standard InChI is InChI=1S/C15H16N2O3S/c18-13(2-1-3-14-16-8-9-21-14)17-10-11-4-6-12(7-5-11)15(19)20/h4-9H,1-3,10H2,(H,17,18)(H,19,20). The lowest BCUT2D eigenvalue weighted by Crippen LogP contribution is -2.22. The second kappa shape index (κ2) is 7.54. The number of hydrogen-bond donors (Lipinski definition) is 2. The predicted octanol–water partition coefficient (Wildman–Crippen LogP) is 2.48. The summed E-state index contributed by atoms with van der Waals surface area (Å²) in [5.41, 5.74) is 1.13. The van der Waals surface area contributed by atoms with Crippen LogP contribution in [0.2, 0.25) is 0 Å². The molecule has 0 saturated carbocycles. The van der Waals surface area contributed by atoms with E-state index >= 15 is 0 Å². The molecule has 0 atom stereocenters. The van der Waals surface area contributed by atoms with Crippen molar-refractivity contribution in [3.8, 4) is 0 Å². The van der Waals surface area contributed by atoms with Gasteiger partial charge in [0.2, 0.25) is 5.91 Å². The fourth-order valence-electron chi connectivity index (χ4n) is 1.83. The molecule has 6 heteroatoms. The Kier molecular flexibility index (Phi) is 5.45. The molecule has 1 heterocycles. The third-order valence-electron chi connectivity index (χ3n) is 2.97. The van der Waals surface area contributed by atoms with E-state index in [9.17, 15) is 9.59 Å². The van der Waals surface area contributed by atoms with Gasteiger partial charge in [-0.05, 0) is 30.5 Å². The fourth-order valence-corrected chi connectivity index (χ4v) is 2.49. The maximum absolute atomic E-state index is 11.7. The van der Waals surface area contributed by atoms with Crippen molar-refractivity contribution in [2.45, 2.75) is 25.8 Å². The van der Waals surface area contributed by atoms with Crippen LogP contribution in [0, 0.1) is 0 Å². The van der Waals surface area contributed by atoms with Crippen molar-refractivity contribution in [3.05, 3.63) is 52.0 Å². The average Bonchev–Trinajstić information content (AvgIpc) is 2.99. The molecule has 2 rings (SSSR count). The van der Waals surface area contributed by atoms with Crippen molar-refractivity contribution in [3.63, 3.8) is 0 Å². The van der Waals surface area contributed by atoms with Crippen LogP contribution in [0.4, 0.5) is 0 Å². The van der Waals surface area contributed by atoms with Gasteiger partial charge >= 0.3 is 5.97 Å². The summed E-state index contributed by atoms with van der Waals surface area (Å²) in [7, 11) is 0. The zero-order valence-corrected chi connectivity index (χ0v) is 12.2. The van der Waals surface area contributed by atoms with Crippen molar-refractivity contribution in [1.82, 2.24) is 10.3 Å². The van der Waals surface area contributed by atoms with Gasteiger partial charge in [0.25, 0.3) is 0 Å². The van der Waals surface area contributed by atoms with E-state index in [2.05, 4.69) is 10.3 Å². The van der Waals surface area contributed by atoms with Gasteiger partial charge in [-0.15, -0.1) is 11.3 Å². The molecule has 1 aromatic heterocycles. The molecule has 0 aliphatic heterocycles. The number of aromatic nitrogens is 1. The summed E-state index contributed by atoms with van der Waals surface area (Å²) in [6.07, 6.45) is 3.82. The maximum Gasteiger partial charge on any atom is 0.335 e. The second-order valence-corrected chi connectivity index (χ2v) is 5.54. The fraction of sp³-hybridized carbons (Fsp3) is 0.267. The lowest BCUT2D eigenvalue weighted by molar-refractivity contribution is -0.121. The van der Waals surface area contributed by atoms with E-state index in [1.54, 1.807) is 29.7 Å². The van der Waals surface area contributed by atoms with Crippen molar-refractivity contribution in [1.29, 1.82) is 0 Å². The van der Waals surface area contributed by atoms with E-state index in [1.165, 1.54) is 12.1 Å². The average molecular weight is 304 g/mol. The van der Waals surface area contributed by atoms with Crippen LogP contribution in [0.25, 0.3) is 0 Å². The van der Waals surface area contributed by atoms with Crippen LogP contribution < -0.4 is 5.32 Å². The Morgan fingerprint density at radius 1 is 1.24 bits per heavy atom. The minimum atomic E-state index is -0.951. The SMILES string of the molecule is O=C(CCCc1nccs1)NCc1ccc(C(=O)O)cc1. The zero-order chi connectivity index (χ0) is 15.1. The summed E-state index contributed by atoms with van der Waals surface area (Å²) >= 11 is 1.60. The number of aryl methyl sites for hydroxylation is 1. The molecule has 2 aromatic rings. The van der Waals surface area contributed by atoms with E-state index in [0.29, 0.717) is 13.0 Å². The normalized spacial score (nSPS) is 10.3. The number of carboxylic acid groups (broad SMARTS) is 1. The van der Waals surface area contributed by atoms with E-state index in [-0.39, 0.29) is 11.5 Å². The number of amides is 1. The molecule has 0 fully saturated rings. The summed E-state index contributed by atoms with van der Waals surface area (Å²) < 4.78 is 0. The first-order chi connectivity index (χ1) is 10.1. The molecular formula is C15H16N2O3S. The number of thiazole rings is 1. The van der Waals surface area contributed by atoms with Crippen molar-refractivity contribution in [2.24, 2.45) is 0 Å². The number of nitrogens with one attached hydrogen (secondary N) is 1. The molecule has 1 amide bonds. The van der Waals surface area contributed by atoms with Crippen molar-refractivity contribution < 1.29 is 14.7 Å². The van der Waals surface area contributed by atoms with E-state index in [4.69, 9.17) is 5.11 Å². The topological polar surface area (TPSA) is 79.3 Å². The first-order valence-electron chi connectivity index (χ1n) is 6.62. The number of aromatic carboxylic acids is 1. The molecule has 2 N–H and O–H groups in total. The quantitative estimate of drug-likeness (QED) is 0.823. The second-order valence-electron chi connectivity index (χ2n) is 4.56. The Bertz CT molecular complexity index is 594. The van der Waals surface area contributed by atoms with Gasteiger partial charge in [-0.3, -0.25) is 4.79 Å². The van der Waals surface area contributed by atoms with Crippen LogP contribution in [0.1, 0.15) is 33.8 Å². The molecule has 0 aliphatic carbocycles. The van der Waals surface area contributed by atoms with Crippen LogP contribution in [-0.2, 0) is 17.8 Å². The molecule has 0 bridgehead atoms. The van der Waals surface area contributed by atoms with E-state index in [1.807, 2.05) is 5.38 Å². The van der Waals surface area contributed by atoms with Gasteiger partial charge in [-0.2, -0.15) is 0 Å². The first kappa shape index (κ1) is 15.2. The number of carbonyl (C=O) groups excluding carboxylic acids is 1. The monoisotopic (exact) mass is 304 g/mol. The summed E-state index contributed by atoms with van der Waals surface area (Å²) in [5.74, 6) is -0.957. The highest BCUT2D eigenvalue weighted by molar-refractivity contribution is 7.09. The van der Waals surface area contributed by atoms with Gasteiger partial charge in [0, 0.05) is 24.5 Å². The number of carboxylic acids is 1. The Hall–Kier alpha value is -2.21. The largest absolute Gasteiger partial charge is 0.478 e. The minimum absolute atomic E-state index is 0.00568. The van der Waals surface area contributed by atoms with Crippen LogP contribution in [-0.4, -0.2) is 22.0 Å². The highest BCUT2D eigenvalue weighted by Crippen LogP contribution is 2.08. The molecular weight excluding hydrogens is 288 g/mol. The molecule has 0 unspecified atom stereocenters. The molecule has 5 nitrogen and oxygen atoms in total. The van der Waals surface area contributed by atoms with Crippen LogP contribution in [0.5, 0.6) is 0 Å². The van der Waals surface area contributed by atoms with Crippen molar-refractivity contribution >= 4 is 23.2 Å². The number of benzene rings is 1. The Labute approximate surface area is 126 Å². The third-order valence-corrected chi connectivity index (χ3v) is 3.81. The van der Waals surface area contributed by atoms with Gasteiger partial charge in [0.15, 0.2) is 0 Å². The maximum atomic E-state index is 11.7. The predicted molar refractivity (Wildman–Crippen MR) is 80.3 cm³/mol. The number of carbonyl (C=O) groups is 2. The summed E-state index contributed by atoms with van der Waals surface area (Å²) in [4.78, 5) is 26.6. The van der Waals surface area contributed by atoms with Gasteiger partial charge < -0.3 is 10.4 Å². The molecule has 110 valence electrons. The summed E-state index contributed by atoms with van der Waals surface area (Å²) in [6, 6.07) is 6.48. The summed E-state index contributed by atoms with van der Waals surface area (Å²) in [5, 5.41) is 14.6. The molecule has 21 heavy (non-hydrogen) atoms. The van der Waals surface area contributed by atoms with E-state index in [0.717, 1.165) is 23.4 Å². The smallest absolute Gasteiger partial charge is 0.335 e. The van der Waals surface area contributed by atoms with Crippen molar-refractivity contribution in [2.75, 3.05) is 0 Å². The van der Waals surface area contributed by atoms with Gasteiger partial charge in [-0.1, -0.05) is 12.1 Å². The highest BCUT2D eigenvalue weighted by atomic mass is 32.1. The molecule has 0 radical (unpaired) electrons. The van der Waals surface area contributed by atoms with Crippen LogP contribution in [0.15, 0.2) is 35.8 Å².